The molecule has 1 unspecified atom stereocenters. The van der Waals surface area contributed by atoms with Gasteiger partial charge in [0, 0.05) is 37.6 Å². The van der Waals surface area contributed by atoms with Crippen molar-refractivity contribution in [1.82, 2.24) is 14.1 Å². The summed E-state index contributed by atoms with van der Waals surface area (Å²) in [6.45, 7) is 2.22. The molecule has 3 heterocycles. The van der Waals surface area contributed by atoms with Crippen LogP contribution >= 0.6 is 11.3 Å². The molecule has 1 atom stereocenters. The zero-order valence-electron chi connectivity index (χ0n) is 18.6. The van der Waals surface area contributed by atoms with Crippen LogP contribution in [0.4, 0.5) is 4.39 Å². The Labute approximate surface area is 203 Å². The summed E-state index contributed by atoms with van der Waals surface area (Å²) in [6, 6.07) is 17.3. The van der Waals surface area contributed by atoms with Crippen molar-refractivity contribution >= 4 is 27.3 Å². The minimum absolute atomic E-state index is 0.0124. The number of fused-ring (bicyclic) bond motifs is 1. The standard InChI is InChI=1S/C25H26FN3O3S2/c26-20-6-8-21(9-7-20)34(31,32)29-15-13-27(14-16-29)24(30)18-28-12-10-23-22(11-17-33-23)25(28)19-4-2-1-3-5-19/h1-9,11,17,25H,10,12-16,18H2. The topological polar surface area (TPSA) is 60.9 Å². The van der Waals surface area contributed by atoms with Crippen LogP contribution in [0.25, 0.3) is 0 Å². The molecule has 2 aliphatic heterocycles. The summed E-state index contributed by atoms with van der Waals surface area (Å²) < 4.78 is 40.3. The van der Waals surface area contributed by atoms with Gasteiger partial charge in [-0.1, -0.05) is 30.3 Å². The van der Waals surface area contributed by atoms with E-state index in [1.807, 2.05) is 18.2 Å². The summed E-state index contributed by atoms with van der Waals surface area (Å²) in [5.41, 5.74) is 2.44. The number of thiophene rings is 1. The van der Waals surface area contributed by atoms with Crippen molar-refractivity contribution in [3.63, 3.8) is 0 Å². The first-order chi connectivity index (χ1) is 16.4. The van der Waals surface area contributed by atoms with Crippen molar-refractivity contribution in [3.05, 3.63) is 87.9 Å². The molecule has 6 nitrogen and oxygen atoms in total. The highest BCUT2D eigenvalue weighted by Gasteiger charge is 2.34. The Morgan fingerprint density at radius 2 is 1.65 bits per heavy atom. The molecule has 1 aromatic heterocycles. The molecule has 0 saturated carbocycles. The van der Waals surface area contributed by atoms with Gasteiger partial charge in [-0.05, 0) is 53.3 Å². The van der Waals surface area contributed by atoms with Gasteiger partial charge < -0.3 is 4.90 Å². The Balaban J connectivity index is 1.26. The summed E-state index contributed by atoms with van der Waals surface area (Å²) in [6.07, 6.45) is 0.924. The molecule has 3 aromatic rings. The Morgan fingerprint density at radius 3 is 2.35 bits per heavy atom. The third-order valence-electron chi connectivity index (χ3n) is 6.56. The van der Waals surface area contributed by atoms with Crippen molar-refractivity contribution in [2.45, 2.75) is 17.4 Å². The Morgan fingerprint density at radius 1 is 0.941 bits per heavy atom. The van der Waals surface area contributed by atoms with Crippen LogP contribution in [-0.4, -0.2) is 67.7 Å². The average molecular weight is 500 g/mol. The van der Waals surface area contributed by atoms with E-state index in [0.29, 0.717) is 19.6 Å². The van der Waals surface area contributed by atoms with Gasteiger partial charge in [0.25, 0.3) is 0 Å². The van der Waals surface area contributed by atoms with Gasteiger partial charge in [-0.15, -0.1) is 11.3 Å². The molecule has 0 bridgehead atoms. The van der Waals surface area contributed by atoms with E-state index in [2.05, 4.69) is 28.5 Å². The van der Waals surface area contributed by atoms with Crippen molar-refractivity contribution < 1.29 is 17.6 Å². The Hall–Kier alpha value is -2.59. The van der Waals surface area contributed by atoms with Crippen LogP contribution in [0.15, 0.2) is 70.9 Å². The van der Waals surface area contributed by atoms with E-state index in [4.69, 9.17) is 0 Å². The average Bonchev–Trinajstić information content (AvgIpc) is 3.34. The number of sulfonamides is 1. The minimum atomic E-state index is -3.71. The van der Waals surface area contributed by atoms with Gasteiger partial charge >= 0.3 is 0 Å². The van der Waals surface area contributed by atoms with Crippen LogP contribution in [0.2, 0.25) is 0 Å². The van der Waals surface area contributed by atoms with Crippen LogP contribution in [0, 0.1) is 5.82 Å². The lowest BCUT2D eigenvalue weighted by atomic mass is 9.93. The van der Waals surface area contributed by atoms with Gasteiger partial charge in [-0.2, -0.15) is 4.31 Å². The lowest BCUT2D eigenvalue weighted by molar-refractivity contribution is -0.134. The molecule has 1 saturated heterocycles. The second-order valence-electron chi connectivity index (χ2n) is 8.57. The zero-order valence-corrected chi connectivity index (χ0v) is 20.3. The summed E-state index contributed by atoms with van der Waals surface area (Å²) >= 11 is 1.77. The van der Waals surface area contributed by atoms with Gasteiger partial charge in [0.2, 0.25) is 15.9 Å². The number of amides is 1. The third-order valence-corrected chi connectivity index (χ3v) is 9.47. The van der Waals surface area contributed by atoms with E-state index >= 15 is 0 Å². The molecule has 34 heavy (non-hydrogen) atoms. The van der Waals surface area contributed by atoms with E-state index in [0.717, 1.165) is 25.1 Å². The largest absolute Gasteiger partial charge is 0.339 e. The number of carbonyl (C=O) groups is 1. The number of hydrogen-bond acceptors (Lipinski definition) is 5. The molecule has 2 aliphatic rings. The van der Waals surface area contributed by atoms with Crippen molar-refractivity contribution in [3.8, 4) is 0 Å². The fraction of sp³-hybridized carbons (Fsp3) is 0.320. The fourth-order valence-electron chi connectivity index (χ4n) is 4.77. The highest BCUT2D eigenvalue weighted by Crippen LogP contribution is 2.37. The van der Waals surface area contributed by atoms with E-state index in [1.165, 1.54) is 32.4 Å². The van der Waals surface area contributed by atoms with E-state index < -0.39 is 15.8 Å². The molecule has 1 amide bonds. The lowest BCUT2D eigenvalue weighted by Crippen LogP contribution is -2.53. The smallest absolute Gasteiger partial charge is 0.243 e. The number of hydrogen-bond donors (Lipinski definition) is 0. The fourth-order valence-corrected chi connectivity index (χ4v) is 7.10. The van der Waals surface area contributed by atoms with E-state index in [9.17, 15) is 17.6 Å². The minimum Gasteiger partial charge on any atom is -0.339 e. The number of benzene rings is 2. The van der Waals surface area contributed by atoms with E-state index in [-0.39, 0.29) is 29.9 Å². The lowest BCUT2D eigenvalue weighted by Gasteiger charge is -2.39. The van der Waals surface area contributed by atoms with Crippen LogP contribution in [0.1, 0.15) is 22.0 Å². The summed E-state index contributed by atoms with van der Waals surface area (Å²) in [5.74, 6) is -0.464. The summed E-state index contributed by atoms with van der Waals surface area (Å²) in [7, 11) is -3.71. The highest BCUT2D eigenvalue weighted by molar-refractivity contribution is 7.89. The molecule has 5 rings (SSSR count). The second-order valence-corrected chi connectivity index (χ2v) is 11.5. The molecular weight excluding hydrogens is 473 g/mol. The van der Waals surface area contributed by atoms with Gasteiger partial charge in [0.05, 0.1) is 17.5 Å². The molecule has 0 aliphatic carbocycles. The normalized spacial score (nSPS) is 19.7. The summed E-state index contributed by atoms with van der Waals surface area (Å²) in [4.78, 5) is 18.7. The van der Waals surface area contributed by atoms with E-state index in [1.54, 1.807) is 16.2 Å². The van der Waals surface area contributed by atoms with Crippen LogP contribution in [0.3, 0.4) is 0 Å². The van der Waals surface area contributed by atoms with Crippen molar-refractivity contribution in [2.75, 3.05) is 39.3 Å². The molecule has 0 N–H and O–H groups in total. The number of carbonyl (C=O) groups excluding carboxylic acids is 1. The first-order valence-electron chi connectivity index (χ1n) is 11.3. The molecular formula is C25H26FN3O3S2. The number of halogens is 1. The highest BCUT2D eigenvalue weighted by atomic mass is 32.2. The number of nitrogens with zero attached hydrogens (tertiary/aromatic N) is 3. The molecule has 2 aromatic carbocycles. The molecule has 178 valence electrons. The van der Waals surface area contributed by atoms with Crippen LogP contribution < -0.4 is 0 Å². The summed E-state index contributed by atoms with van der Waals surface area (Å²) in [5, 5.41) is 2.12. The third kappa shape index (κ3) is 4.53. The van der Waals surface area contributed by atoms with Gasteiger partial charge in [0.15, 0.2) is 0 Å². The number of rotatable bonds is 5. The van der Waals surface area contributed by atoms with Crippen LogP contribution in [0.5, 0.6) is 0 Å². The van der Waals surface area contributed by atoms with Crippen molar-refractivity contribution in [1.29, 1.82) is 0 Å². The van der Waals surface area contributed by atoms with Crippen LogP contribution in [-0.2, 0) is 21.2 Å². The Bertz CT molecular complexity index is 1250. The molecule has 0 radical (unpaired) electrons. The molecule has 0 spiro atoms. The second kappa shape index (κ2) is 9.58. The monoisotopic (exact) mass is 499 g/mol. The van der Waals surface area contributed by atoms with Gasteiger partial charge in [-0.25, -0.2) is 12.8 Å². The number of piperazine rings is 1. The first-order valence-corrected chi connectivity index (χ1v) is 13.6. The zero-order chi connectivity index (χ0) is 23.7. The predicted octanol–water partition coefficient (Wildman–Crippen LogP) is 3.37. The van der Waals surface area contributed by atoms with Gasteiger partial charge in [0.1, 0.15) is 5.82 Å². The first kappa shape index (κ1) is 23.2. The molecule has 9 heteroatoms. The quantitative estimate of drug-likeness (QED) is 0.540. The predicted molar refractivity (Wildman–Crippen MR) is 130 cm³/mol. The maximum absolute atomic E-state index is 13.2. The SMILES string of the molecule is O=C(CN1CCc2sccc2C1c1ccccc1)N1CCN(S(=O)(=O)c2ccc(F)cc2)CC1. The maximum Gasteiger partial charge on any atom is 0.243 e. The molecule has 1 fully saturated rings. The van der Waals surface area contributed by atoms with Crippen molar-refractivity contribution in [2.24, 2.45) is 0 Å². The Kier molecular flexibility index (Phi) is 6.52. The van der Waals surface area contributed by atoms with Gasteiger partial charge in [-0.3, -0.25) is 9.69 Å². The maximum atomic E-state index is 13.2.